The summed E-state index contributed by atoms with van der Waals surface area (Å²) in [5.41, 5.74) is 8.43. The Morgan fingerprint density at radius 2 is 1.85 bits per heavy atom. The zero-order chi connectivity index (χ0) is 14.4. The summed E-state index contributed by atoms with van der Waals surface area (Å²) in [4.78, 5) is 11.3. The molecule has 104 valence electrons. The number of hydrogen-bond donors (Lipinski definition) is 2. The molecule has 2 aromatic rings. The second-order valence-electron chi connectivity index (χ2n) is 4.31. The maximum absolute atomic E-state index is 11.3. The van der Waals surface area contributed by atoms with E-state index >= 15 is 0 Å². The van der Waals surface area contributed by atoms with Crippen molar-refractivity contribution in [1.29, 1.82) is 0 Å². The van der Waals surface area contributed by atoms with Gasteiger partial charge < -0.3 is 4.74 Å². The standard InChI is InChI=1S/C16H18N2O2/c1-3-16(19)18-17-14-11-13(9-10-15(14)20-2)12-7-5-4-6-8-12/h4-11,17H,3H2,1-2H3,(H,18,19). The van der Waals surface area contributed by atoms with Crippen molar-refractivity contribution in [3.05, 3.63) is 48.5 Å². The molecule has 2 aromatic carbocycles. The van der Waals surface area contributed by atoms with Gasteiger partial charge in [-0.15, -0.1) is 0 Å². The number of anilines is 1. The van der Waals surface area contributed by atoms with Crippen LogP contribution in [-0.2, 0) is 4.79 Å². The van der Waals surface area contributed by atoms with Crippen molar-refractivity contribution >= 4 is 11.6 Å². The molecular formula is C16H18N2O2. The van der Waals surface area contributed by atoms with Crippen LogP contribution < -0.4 is 15.6 Å². The van der Waals surface area contributed by atoms with Gasteiger partial charge in [-0.05, 0) is 23.3 Å². The molecule has 0 fully saturated rings. The lowest BCUT2D eigenvalue weighted by Crippen LogP contribution is -2.28. The molecule has 0 saturated heterocycles. The quantitative estimate of drug-likeness (QED) is 0.820. The number of carbonyl (C=O) groups is 1. The summed E-state index contributed by atoms with van der Waals surface area (Å²) in [6.45, 7) is 1.80. The van der Waals surface area contributed by atoms with Gasteiger partial charge in [0.2, 0.25) is 5.91 Å². The van der Waals surface area contributed by atoms with Gasteiger partial charge in [-0.1, -0.05) is 43.3 Å². The van der Waals surface area contributed by atoms with Crippen LogP contribution in [0.5, 0.6) is 5.75 Å². The molecule has 0 bridgehead atoms. The van der Waals surface area contributed by atoms with Crippen LogP contribution in [0.1, 0.15) is 13.3 Å². The summed E-state index contributed by atoms with van der Waals surface area (Å²) < 4.78 is 5.29. The molecule has 20 heavy (non-hydrogen) atoms. The Labute approximate surface area is 118 Å². The average Bonchev–Trinajstić information content (AvgIpc) is 2.53. The van der Waals surface area contributed by atoms with Gasteiger partial charge in [0.1, 0.15) is 5.75 Å². The van der Waals surface area contributed by atoms with Crippen LogP contribution in [-0.4, -0.2) is 13.0 Å². The maximum Gasteiger partial charge on any atom is 0.238 e. The molecule has 0 aromatic heterocycles. The first kappa shape index (κ1) is 13.9. The number of carbonyl (C=O) groups excluding carboxylic acids is 1. The van der Waals surface area contributed by atoms with Crippen LogP contribution in [0, 0.1) is 0 Å². The molecular weight excluding hydrogens is 252 g/mol. The summed E-state index contributed by atoms with van der Waals surface area (Å²) in [5.74, 6) is 0.609. The molecule has 1 amide bonds. The summed E-state index contributed by atoms with van der Waals surface area (Å²) in [6, 6.07) is 15.9. The SMILES string of the molecule is CCC(=O)NNc1cc(-c2ccccc2)ccc1OC. The van der Waals surface area contributed by atoms with Crippen molar-refractivity contribution in [2.75, 3.05) is 12.5 Å². The molecule has 4 nitrogen and oxygen atoms in total. The fraction of sp³-hybridized carbons (Fsp3) is 0.188. The first-order valence-electron chi connectivity index (χ1n) is 6.53. The predicted molar refractivity (Wildman–Crippen MR) is 80.5 cm³/mol. The molecule has 0 saturated carbocycles. The van der Waals surface area contributed by atoms with E-state index in [1.165, 1.54) is 0 Å². The third-order valence-electron chi connectivity index (χ3n) is 2.96. The van der Waals surface area contributed by atoms with Gasteiger partial charge >= 0.3 is 0 Å². The number of rotatable bonds is 5. The molecule has 2 rings (SSSR count). The molecule has 2 N–H and O–H groups in total. The highest BCUT2D eigenvalue weighted by molar-refractivity contribution is 5.78. The molecule has 0 spiro atoms. The van der Waals surface area contributed by atoms with E-state index in [2.05, 4.69) is 10.9 Å². The van der Waals surface area contributed by atoms with Crippen LogP contribution >= 0.6 is 0 Å². The van der Waals surface area contributed by atoms with Crippen molar-refractivity contribution < 1.29 is 9.53 Å². The zero-order valence-corrected chi connectivity index (χ0v) is 11.6. The average molecular weight is 270 g/mol. The Balaban J connectivity index is 2.27. The molecule has 0 aliphatic rings. The van der Waals surface area contributed by atoms with Crippen LogP contribution in [0.2, 0.25) is 0 Å². The van der Waals surface area contributed by atoms with Crippen molar-refractivity contribution in [2.24, 2.45) is 0 Å². The Hall–Kier alpha value is -2.49. The fourth-order valence-electron chi connectivity index (χ4n) is 1.84. The van der Waals surface area contributed by atoms with E-state index in [1.807, 2.05) is 48.5 Å². The Morgan fingerprint density at radius 3 is 2.50 bits per heavy atom. The number of hydrazine groups is 1. The lowest BCUT2D eigenvalue weighted by atomic mass is 10.1. The van der Waals surface area contributed by atoms with E-state index in [0.717, 1.165) is 16.8 Å². The monoisotopic (exact) mass is 270 g/mol. The third-order valence-corrected chi connectivity index (χ3v) is 2.96. The molecule has 0 aliphatic heterocycles. The first-order chi connectivity index (χ1) is 9.74. The van der Waals surface area contributed by atoms with Crippen molar-refractivity contribution in [3.63, 3.8) is 0 Å². The molecule has 0 heterocycles. The summed E-state index contributed by atoms with van der Waals surface area (Å²) >= 11 is 0. The third kappa shape index (κ3) is 3.29. The molecule has 0 aliphatic carbocycles. The number of nitrogens with one attached hydrogen (secondary N) is 2. The number of methoxy groups -OCH3 is 1. The number of hydrogen-bond acceptors (Lipinski definition) is 3. The van der Waals surface area contributed by atoms with Gasteiger partial charge in [-0.3, -0.25) is 15.6 Å². The molecule has 0 atom stereocenters. The Kier molecular flexibility index (Phi) is 4.60. The van der Waals surface area contributed by atoms with Gasteiger partial charge in [0.15, 0.2) is 0 Å². The van der Waals surface area contributed by atoms with Gasteiger partial charge in [0, 0.05) is 6.42 Å². The van der Waals surface area contributed by atoms with Crippen LogP contribution in [0.3, 0.4) is 0 Å². The van der Waals surface area contributed by atoms with E-state index < -0.39 is 0 Å². The highest BCUT2D eigenvalue weighted by Crippen LogP contribution is 2.30. The highest BCUT2D eigenvalue weighted by Gasteiger charge is 2.06. The van der Waals surface area contributed by atoms with Crippen LogP contribution in [0.15, 0.2) is 48.5 Å². The fourth-order valence-corrected chi connectivity index (χ4v) is 1.84. The Bertz CT molecular complexity index is 582. The minimum Gasteiger partial charge on any atom is -0.495 e. The lowest BCUT2D eigenvalue weighted by molar-refractivity contribution is -0.120. The molecule has 0 unspecified atom stereocenters. The minimum absolute atomic E-state index is 0.0721. The van der Waals surface area contributed by atoms with E-state index in [9.17, 15) is 4.79 Å². The van der Waals surface area contributed by atoms with Crippen molar-refractivity contribution in [3.8, 4) is 16.9 Å². The Morgan fingerprint density at radius 1 is 1.10 bits per heavy atom. The van der Waals surface area contributed by atoms with Gasteiger partial charge in [0.25, 0.3) is 0 Å². The van der Waals surface area contributed by atoms with Crippen molar-refractivity contribution in [2.45, 2.75) is 13.3 Å². The normalized spacial score (nSPS) is 9.90. The largest absolute Gasteiger partial charge is 0.495 e. The summed E-state index contributed by atoms with van der Waals surface area (Å²) in [6.07, 6.45) is 0.424. The summed E-state index contributed by atoms with van der Waals surface area (Å²) in [5, 5.41) is 0. The lowest BCUT2D eigenvalue weighted by Gasteiger charge is -2.13. The number of amides is 1. The highest BCUT2D eigenvalue weighted by atomic mass is 16.5. The maximum atomic E-state index is 11.3. The molecule has 0 radical (unpaired) electrons. The van der Waals surface area contributed by atoms with Crippen LogP contribution in [0.4, 0.5) is 5.69 Å². The number of ether oxygens (including phenoxy) is 1. The zero-order valence-electron chi connectivity index (χ0n) is 11.6. The van der Waals surface area contributed by atoms with Gasteiger partial charge in [0.05, 0.1) is 12.8 Å². The predicted octanol–water partition coefficient (Wildman–Crippen LogP) is 3.22. The van der Waals surface area contributed by atoms with Gasteiger partial charge in [-0.25, -0.2) is 0 Å². The van der Waals surface area contributed by atoms with E-state index in [-0.39, 0.29) is 5.91 Å². The van der Waals surface area contributed by atoms with Gasteiger partial charge in [-0.2, -0.15) is 0 Å². The summed E-state index contributed by atoms with van der Waals surface area (Å²) in [7, 11) is 1.60. The van der Waals surface area contributed by atoms with E-state index in [1.54, 1.807) is 14.0 Å². The second-order valence-corrected chi connectivity index (χ2v) is 4.31. The minimum atomic E-state index is -0.0721. The first-order valence-corrected chi connectivity index (χ1v) is 6.53. The van der Waals surface area contributed by atoms with Crippen molar-refractivity contribution in [1.82, 2.24) is 5.43 Å². The number of benzene rings is 2. The van der Waals surface area contributed by atoms with E-state index in [0.29, 0.717) is 12.2 Å². The second kappa shape index (κ2) is 6.61. The molecule has 4 heteroatoms. The smallest absolute Gasteiger partial charge is 0.238 e. The van der Waals surface area contributed by atoms with E-state index in [4.69, 9.17) is 4.74 Å². The topological polar surface area (TPSA) is 50.4 Å². The van der Waals surface area contributed by atoms with Crippen LogP contribution in [0.25, 0.3) is 11.1 Å².